The van der Waals surface area contributed by atoms with Crippen LogP contribution < -0.4 is 10.6 Å². The molecule has 1 saturated heterocycles. The van der Waals surface area contributed by atoms with Gasteiger partial charge in [0, 0.05) is 16.7 Å². The normalized spacial score (nSPS) is 21.1. The van der Waals surface area contributed by atoms with Crippen LogP contribution in [0.25, 0.3) is 0 Å². The van der Waals surface area contributed by atoms with Crippen LogP contribution in [0.1, 0.15) is 0 Å². The van der Waals surface area contributed by atoms with Crippen LogP contribution in [0, 0.1) is 0 Å². The summed E-state index contributed by atoms with van der Waals surface area (Å²) in [6, 6.07) is 5.73. The third kappa shape index (κ3) is 2.31. The zero-order chi connectivity index (χ0) is 11.5. The standard InChI is InChI=1S/C11H15BrN2O2/c12-10-5-8(13)1-2-11(10)14-3-4-16-7-9(14)6-15/h1-2,5,9,15H,3-4,6-7,13H2. The number of nitrogen functional groups attached to an aromatic ring is 1. The van der Waals surface area contributed by atoms with Crippen molar-refractivity contribution in [3.05, 3.63) is 22.7 Å². The quantitative estimate of drug-likeness (QED) is 0.803. The molecule has 1 aliphatic rings. The van der Waals surface area contributed by atoms with Gasteiger partial charge in [-0.05, 0) is 34.1 Å². The fourth-order valence-electron chi connectivity index (χ4n) is 1.88. The first-order chi connectivity index (χ1) is 7.72. The maximum atomic E-state index is 9.31. The van der Waals surface area contributed by atoms with Gasteiger partial charge in [-0.25, -0.2) is 0 Å². The zero-order valence-electron chi connectivity index (χ0n) is 8.90. The smallest absolute Gasteiger partial charge is 0.0755 e. The van der Waals surface area contributed by atoms with E-state index in [0.29, 0.717) is 13.2 Å². The summed E-state index contributed by atoms with van der Waals surface area (Å²) in [7, 11) is 0. The first kappa shape index (κ1) is 11.7. The van der Waals surface area contributed by atoms with Crippen molar-refractivity contribution in [2.24, 2.45) is 0 Å². The van der Waals surface area contributed by atoms with E-state index >= 15 is 0 Å². The monoisotopic (exact) mass is 286 g/mol. The lowest BCUT2D eigenvalue weighted by Crippen LogP contribution is -2.47. The van der Waals surface area contributed by atoms with Crippen LogP contribution in [0.5, 0.6) is 0 Å². The molecule has 1 aromatic carbocycles. The first-order valence-corrected chi connectivity index (χ1v) is 6.02. The Morgan fingerprint density at radius 1 is 1.56 bits per heavy atom. The lowest BCUT2D eigenvalue weighted by atomic mass is 10.2. The van der Waals surface area contributed by atoms with Gasteiger partial charge in [-0.2, -0.15) is 0 Å². The highest BCUT2D eigenvalue weighted by molar-refractivity contribution is 9.10. The molecule has 2 rings (SSSR count). The van der Waals surface area contributed by atoms with Gasteiger partial charge >= 0.3 is 0 Å². The molecule has 1 aromatic rings. The molecule has 0 radical (unpaired) electrons. The van der Waals surface area contributed by atoms with Crippen molar-refractivity contribution in [3.63, 3.8) is 0 Å². The minimum atomic E-state index is 0.0219. The zero-order valence-corrected chi connectivity index (χ0v) is 10.5. The molecule has 88 valence electrons. The number of hydrogen-bond acceptors (Lipinski definition) is 4. The lowest BCUT2D eigenvalue weighted by Gasteiger charge is -2.36. The topological polar surface area (TPSA) is 58.7 Å². The number of halogens is 1. The number of aliphatic hydroxyl groups is 1. The van der Waals surface area contributed by atoms with Crippen molar-refractivity contribution in [1.82, 2.24) is 0 Å². The van der Waals surface area contributed by atoms with Crippen LogP contribution >= 0.6 is 15.9 Å². The average molecular weight is 287 g/mol. The fourth-order valence-corrected chi connectivity index (χ4v) is 2.50. The van der Waals surface area contributed by atoms with Gasteiger partial charge in [-0.1, -0.05) is 0 Å². The number of aliphatic hydroxyl groups excluding tert-OH is 1. The van der Waals surface area contributed by atoms with Crippen LogP contribution in [0.3, 0.4) is 0 Å². The Bertz CT molecular complexity index is 373. The maximum absolute atomic E-state index is 9.31. The summed E-state index contributed by atoms with van der Waals surface area (Å²) in [6.07, 6.45) is 0. The van der Waals surface area contributed by atoms with E-state index in [-0.39, 0.29) is 12.6 Å². The van der Waals surface area contributed by atoms with Gasteiger partial charge in [0.2, 0.25) is 0 Å². The molecule has 16 heavy (non-hydrogen) atoms. The number of rotatable bonds is 2. The van der Waals surface area contributed by atoms with Gasteiger partial charge in [0.15, 0.2) is 0 Å². The molecule has 1 aliphatic heterocycles. The Labute approximate surface area is 103 Å². The second-order valence-corrected chi connectivity index (χ2v) is 4.67. The highest BCUT2D eigenvalue weighted by Crippen LogP contribution is 2.30. The molecular formula is C11H15BrN2O2. The molecule has 0 bridgehead atoms. The van der Waals surface area contributed by atoms with Gasteiger partial charge in [0.25, 0.3) is 0 Å². The molecule has 1 atom stereocenters. The number of benzene rings is 1. The third-order valence-corrected chi connectivity index (χ3v) is 3.35. The van der Waals surface area contributed by atoms with Gasteiger partial charge in [0.05, 0.1) is 31.5 Å². The van der Waals surface area contributed by atoms with Crippen LogP contribution in [-0.4, -0.2) is 37.5 Å². The largest absolute Gasteiger partial charge is 0.399 e. The van der Waals surface area contributed by atoms with Gasteiger partial charge < -0.3 is 20.5 Å². The van der Waals surface area contributed by atoms with Crippen LogP contribution in [0.2, 0.25) is 0 Å². The highest BCUT2D eigenvalue weighted by Gasteiger charge is 2.23. The van der Waals surface area contributed by atoms with Crippen molar-refractivity contribution in [1.29, 1.82) is 0 Å². The van der Waals surface area contributed by atoms with Crippen LogP contribution in [0.4, 0.5) is 11.4 Å². The summed E-state index contributed by atoms with van der Waals surface area (Å²) in [5.74, 6) is 0. The van der Waals surface area contributed by atoms with E-state index in [1.165, 1.54) is 0 Å². The Balaban J connectivity index is 2.27. The predicted molar refractivity (Wildman–Crippen MR) is 67.6 cm³/mol. The Morgan fingerprint density at radius 3 is 3.06 bits per heavy atom. The number of nitrogens with zero attached hydrogens (tertiary/aromatic N) is 1. The van der Waals surface area contributed by atoms with Gasteiger partial charge in [-0.15, -0.1) is 0 Å². The van der Waals surface area contributed by atoms with E-state index in [1.54, 1.807) is 0 Å². The van der Waals surface area contributed by atoms with Crippen molar-refractivity contribution in [3.8, 4) is 0 Å². The fraction of sp³-hybridized carbons (Fsp3) is 0.455. The molecule has 4 nitrogen and oxygen atoms in total. The summed E-state index contributed by atoms with van der Waals surface area (Å²) in [5.41, 5.74) is 7.48. The van der Waals surface area contributed by atoms with Crippen LogP contribution in [0.15, 0.2) is 22.7 Å². The summed E-state index contributed by atoms with van der Waals surface area (Å²) < 4.78 is 6.30. The number of ether oxygens (including phenoxy) is 1. The molecule has 5 heteroatoms. The molecule has 0 amide bonds. The Morgan fingerprint density at radius 2 is 2.38 bits per heavy atom. The lowest BCUT2D eigenvalue weighted by molar-refractivity contribution is 0.0726. The summed E-state index contributed by atoms with van der Waals surface area (Å²) in [6.45, 7) is 2.13. The van der Waals surface area contributed by atoms with E-state index < -0.39 is 0 Å². The maximum Gasteiger partial charge on any atom is 0.0755 e. The van der Waals surface area contributed by atoms with Gasteiger partial charge in [-0.3, -0.25) is 0 Å². The minimum absolute atomic E-state index is 0.0219. The second kappa shape index (κ2) is 5.03. The van der Waals surface area contributed by atoms with Crippen LogP contribution in [-0.2, 0) is 4.74 Å². The Hall–Kier alpha value is -0.780. The molecule has 3 N–H and O–H groups in total. The highest BCUT2D eigenvalue weighted by atomic mass is 79.9. The Kier molecular flexibility index (Phi) is 3.68. The molecule has 1 heterocycles. The van der Waals surface area contributed by atoms with Crippen molar-refractivity contribution in [2.45, 2.75) is 6.04 Å². The first-order valence-electron chi connectivity index (χ1n) is 5.22. The minimum Gasteiger partial charge on any atom is -0.399 e. The second-order valence-electron chi connectivity index (χ2n) is 3.82. The van der Waals surface area contributed by atoms with Gasteiger partial charge in [0.1, 0.15) is 0 Å². The molecular weight excluding hydrogens is 272 g/mol. The summed E-state index contributed by atoms with van der Waals surface area (Å²) >= 11 is 3.50. The van der Waals surface area contributed by atoms with Crippen molar-refractivity contribution in [2.75, 3.05) is 37.0 Å². The molecule has 0 aliphatic carbocycles. The van der Waals surface area contributed by atoms with E-state index in [9.17, 15) is 5.11 Å². The van der Waals surface area contributed by atoms with E-state index in [4.69, 9.17) is 10.5 Å². The SMILES string of the molecule is Nc1ccc(N2CCOCC2CO)c(Br)c1. The average Bonchev–Trinajstić information content (AvgIpc) is 2.29. The van der Waals surface area contributed by atoms with E-state index in [2.05, 4.69) is 20.8 Å². The number of nitrogens with two attached hydrogens (primary N) is 1. The number of anilines is 2. The molecule has 1 fully saturated rings. The van der Waals surface area contributed by atoms with E-state index in [0.717, 1.165) is 22.4 Å². The third-order valence-electron chi connectivity index (χ3n) is 2.72. The van der Waals surface area contributed by atoms with E-state index in [1.807, 2.05) is 18.2 Å². The number of morpholine rings is 1. The molecule has 0 aromatic heterocycles. The van der Waals surface area contributed by atoms with Crippen molar-refractivity contribution < 1.29 is 9.84 Å². The summed E-state index contributed by atoms with van der Waals surface area (Å²) in [5, 5.41) is 9.31. The molecule has 0 saturated carbocycles. The number of hydrogen-bond donors (Lipinski definition) is 2. The molecule has 0 spiro atoms. The predicted octanol–water partition coefficient (Wildman–Crippen LogP) is 1.23. The molecule has 1 unspecified atom stereocenters. The summed E-state index contributed by atoms with van der Waals surface area (Å²) in [4.78, 5) is 2.15. The van der Waals surface area contributed by atoms with Crippen molar-refractivity contribution >= 4 is 27.3 Å².